The first-order valence-corrected chi connectivity index (χ1v) is 12.5. The van der Waals surface area contributed by atoms with Crippen LogP contribution >= 0.6 is 0 Å². The van der Waals surface area contributed by atoms with Crippen molar-refractivity contribution in [3.8, 4) is 44.5 Å². The Morgan fingerprint density at radius 1 is 0.342 bits per heavy atom. The van der Waals surface area contributed by atoms with E-state index < -0.39 is 0 Å². The molecule has 178 valence electrons. The molecular formula is C34H22N4. The maximum Gasteiger partial charge on any atom is 0.0965 e. The topological polar surface area (TPSA) is 51.6 Å². The molecule has 4 aromatic heterocycles. The number of fused-ring (bicyclic) bond motifs is 3. The zero-order chi connectivity index (χ0) is 25.3. The summed E-state index contributed by atoms with van der Waals surface area (Å²) < 4.78 is 0. The second-order valence-electron chi connectivity index (χ2n) is 9.29. The van der Waals surface area contributed by atoms with Gasteiger partial charge in [-0.25, -0.2) is 0 Å². The summed E-state index contributed by atoms with van der Waals surface area (Å²) in [4.78, 5) is 18.0. The van der Waals surface area contributed by atoms with Crippen molar-refractivity contribution in [1.29, 1.82) is 0 Å². The van der Waals surface area contributed by atoms with Gasteiger partial charge in [0, 0.05) is 59.1 Å². The number of hydrogen-bond acceptors (Lipinski definition) is 4. The fraction of sp³-hybridized carbons (Fsp3) is 0. The lowest BCUT2D eigenvalue weighted by molar-refractivity contribution is 1.33. The molecule has 0 spiro atoms. The Bertz CT molecular complexity index is 1770. The first-order chi connectivity index (χ1) is 18.8. The highest BCUT2D eigenvalue weighted by Gasteiger charge is 2.09. The minimum Gasteiger partial charge on any atom is -0.265 e. The normalized spacial score (nSPS) is 11.2. The van der Waals surface area contributed by atoms with Gasteiger partial charge in [-0.3, -0.25) is 19.9 Å². The summed E-state index contributed by atoms with van der Waals surface area (Å²) in [5.74, 6) is 0. The molecule has 7 aromatic rings. The van der Waals surface area contributed by atoms with E-state index in [9.17, 15) is 0 Å². The summed E-state index contributed by atoms with van der Waals surface area (Å²) in [7, 11) is 0. The Hall–Kier alpha value is -5.22. The predicted octanol–water partition coefficient (Wildman–Crippen LogP) is 8.24. The lowest BCUT2D eigenvalue weighted by atomic mass is 9.98. The second kappa shape index (κ2) is 9.34. The van der Waals surface area contributed by atoms with Gasteiger partial charge < -0.3 is 0 Å². The molecule has 0 radical (unpaired) electrons. The van der Waals surface area contributed by atoms with Crippen LogP contribution in [0.1, 0.15) is 0 Å². The van der Waals surface area contributed by atoms with Crippen molar-refractivity contribution >= 4 is 21.8 Å². The molecule has 0 bridgehead atoms. The lowest BCUT2D eigenvalue weighted by Crippen LogP contribution is -1.89. The molecule has 4 heteroatoms. The highest BCUT2D eigenvalue weighted by atomic mass is 14.7. The molecule has 0 saturated carbocycles. The molecule has 4 nitrogen and oxygen atoms in total. The third kappa shape index (κ3) is 4.08. The average molecular weight is 487 g/mol. The zero-order valence-corrected chi connectivity index (χ0v) is 20.5. The number of aromatic nitrogens is 4. The minimum atomic E-state index is 0.911. The standard InChI is InChI=1S/C34H22N4/c1-3-25(23-9-13-35-14-10-23)17-27(5-1)31-19-29-7-8-30-20-32(22-38-34(30)33(29)37-21-31)28-6-2-4-26(18-28)24-11-15-36-16-12-24/h1-22H. The molecule has 0 unspecified atom stereocenters. The molecule has 3 aromatic carbocycles. The fourth-order valence-corrected chi connectivity index (χ4v) is 4.95. The molecule has 0 amide bonds. The summed E-state index contributed by atoms with van der Waals surface area (Å²) in [5, 5.41) is 2.15. The zero-order valence-electron chi connectivity index (χ0n) is 20.5. The molecule has 0 aliphatic carbocycles. The minimum absolute atomic E-state index is 0.911. The van der Waals surface area contributed by atoms with Crippen molar-refractivity contribution in [1.82, 2.24) is 19.9 Å². The Labute approximate surface area is 220 Å². The quantitative estimate of drug-likeness (QED) is 0.235. The van der Waals surface area contributed by atoms with Crippen LogP contribution in [-0.2, 0) is 0 Å². The SMILES string of the molecule is c1cc(-c2ccncc2)cc(-c2cnc3c(ccc4cc(-c5cccc(-c6ccncc6)c5)cnc43)c2)c1. The van der Waals surface area contributed by atoms with Gasteiger partial charge in [0.2, 0.25) is 0 Å². The Morgan fingerprint density at radius 3 is 1.16 bits per heavy atom. The van der Waals surface area contributed by atoms with E-state index in [1.807, 2.05) is 61.4 Å². The van der Waals surface area contributed by atoms with Crippen LogP contribution in [0.2, 0.25) is 0 Å². The van der Waals surface area contributed by atoms with E-state index in [4.69, 9.17) is 9.97 Å². The summed E-state index contributed by atoms with van der Waals surface area (Å²) in [6.07, 6.45) is 11.2. The van der Waals surface area contributed by atoms with Crippen molar-refractivity contribution in [2.75, 3.05) is 0 Å². The molecule has 0 aliphatic heterocycles. The van der Waals surface area contributed by atoms with Gasteiger partial charge in [-0.05, 0) is 81.9 Å². The van der Waals surface area contributed by atoms with Crippen LogP contribution in [0.5, 0.6) is 0 Å². The van der Waals surface area contributed by atoms with Crippen LogP contribution in [0.3, 0.4) is 0 Å². The van der Waals surface area contributed by atoms with Crippen LogP contribution in [0.15, 0.2) is 134 Å². The van der Waals surface area contributed by atoms with Crippen LogP contribution in [0, 0.1) is 0 Å². The molecular weight excluding hydrogens is 464 g/mol. The van der Waals surface area contributed by atoms with Crippen LogP contribution < -0.4 is 0 Å². The van der Waals surface area contributed by atoms with Gasteiger partial charge in [0.1, 0.15) is 0 Å². The van der Waals surface area contributed by atoms with E-state index in [1.165, 1.54) is 0 Å². The largest absolute Gasteiger partial charge is 0.265 e. The lowest BCUT2D eigenvalue weighted by Gasteiger charge is -2.10. The predicted molar refractivity (Wildman–Crippen MR) is 154 cm³/mol. The molecule has 38 heavy (non-hydrogen) atoms. The summed E-state index contributed by atoms with van der Waals surface area (Å²) in [6, 6.07) is 33.8. The highest BCUT2D eigenvalue weighted by molar-refractivity contribution is 6.04. The molecule has 0 atom stereocenters. The number of nitrogens with zero attached hydrogens (tertiary/aromatic N) is 4. The molecule has 0 fully saturated rings. The van der Waals surface area contributed by atoms with Crippen molar-refractivity contribution in [2.24, 2.45) is 0 Å². The average Bonchev–Trinajstić information content (AvgIpc) is 3.01. The molecule has 0 saturated heterocycles. The van der Waals surface area contributed by atoms with E-state index >= 15 is 0 Å². The first-order valence-electron chi connectivity index (χ1n) is 12.5. The van der Waals surface area contributed by atoms with Gasteiger partial charge in [-0.2, -0.15) is 0 Å². The molecule has 4 heterocycles. The first kappa shape index (κ1) is 22.0. The van der Waals surface area contributed by atoms with Gasteiger partial charge in [0.15, 0.2) is 0 Å². The van der Waals surface area contributed by atoms with Gasteiger partial charge in [0.25, 0.3) is 0 Å². The number of hydrogen-bond donors (Lipinski definition) is 0. The maximum atomic E-state index is 4.87. The highest BCUT2D eigenvalue weighted by Crippen LogP contribution is 2.32. The smallest absolute Gasteiger partial charge is 0.0965 e. The second-order valence-corrected chi connectivity index (χ2v) is 9.29. The van der Waals surface area contributed by atoms with Gasteiger partial charge in [-0.1, -0.05) is 48.5 Å². The maximum absolute atomic E-state index is 4.87. The van der Waals surface area contributed by atoms with E-state index in [-0.39, 0.29) is 0 Å². The van der Waals surface area contributed by atoms with Crippen LogP contribution in [-0.4, -0.2) is 19.9 Å². The molecule has 0 N–H and O–H groups in total. The Morgan fingerprint density at radius 2 is 0.737 bits per heavy atom. The summed E-state index contributed by atoms with van der Waals surface area (Å²) >= 11 is 0. The van der Waals surface area contributed by atoms with E-state index in [0.717, 1.165) is 66.3 Å². The Kier molecular flexibility index (Phi) is 5.41. The fourth-order valence-electron chi connectivity index (χ4n) is 4.95. The van der Waals surface area contributed by atoms with E-state index in [1.54, 1.807) is 0 Å². The molecule has 0 aliphatic rings. The number of pyridine rings is 4. The molecule has 7 rings (SSSR count). The van der Waals surface area contributed by atoms with Crippen molar-refractivity contribution in [3.63, 3.8) is 0 Å². The van der Waals surface area contributed by atoms with Crippen molar-refractivity contribution < 1.29 is 0 Å². The van der Waals surface area contributed by atoms with Crippen molar-refractivity contribution in [2.45, 2.75) is 0 Å². The Balaban J connectivity index is 1.25. The van der Waals surface area contributed by atoms with E-state index in [2.05, 4.69) is 82.8 Å². The van der Waals surface area contributed by atoms with Gasteiger partial charge in [0.05, 0.1) is 11.0 Å². The van der Waals surface area contributed by atoms with Crippen molar-refractivity contribution in [3.05, 3.63) is 134 Å². The van der Waals surface area contributed by atoms with Gasteiger partial charge >= 0.3 is 0 Å². The van der Waals surface area contributed by atoms with Crippen LogP contribution in [0.25, 0.3) is 66.3 Å². The number of benzene rings is 3. The van der Waals surface area contributed by atoms with E-state index in [0.29, 0.717) is 0 Å². The summed E-state index contributed by atoms with van der Waals surface area (Å²) in [6.45, 7) is 0. The summed E-state index contributed by atoms with van der Waals surface area (Å²) in [5.41, 5.74) is 10.9. The number of rotatable bonds is 4. The van der Waals surface area contributed by atoms with Gasteiger partial charge in [-0.15, -0.1) is 0 Å². The monoisotopic (exact) mass is 486 g/mol. The van der Waals surface area contributed by atoms with Crippen LogP contribution in [0.4, 0.5) is 0 Å². The third-order valence-electron chi connectivity index (χ3n) is 6.92. The third-order valence-corrected chi connectivity index (χ3v) is 6.92.